The number of β-amino-alcohol motifs (C(OH)–C–C–N with tert-alkyl or cyclic N) is 1. The number of piperidine rings is 1. The van der Waals surface area contributed by atoms with Crippen LogP contribution in [0, 0.1) is 0 Å². The van der Waals surface area contributed by atoms with Gasteiger partial charge in [0.1, 0.15) is 6.26 Å². The minimum absolute atomic E-state index is 0.0237. The summed E-state index contributed by atoms with van der Waals surface area (Å²) < 4.78 is 5.00. The van der Waals surface area contributed by atoms with Crippen LogP contribution in [-0.4, -0.2) is 69.5 Å². The molecular weight excluding hydrogens is 372 g/mol. The molecule has 4 rings (SSSR count). The summed E-state index contributed by atoms with van der Waals surface area (Å²) in [4.78, 5) is 33.3. The molecule has 0 bridgehead atoms. The van der Waals surface area contributed by atoms with Crippen LogP contribution in [-0.2, 0) is 11.3 Å². The lowest BCUT2D eigenvalue weighted by Crippen LogP contribution is -2.52. The van der Waals surface area contributed by atoms with Gasteiger partial charge in [0.15, 0.2) is 0 Å². The summed E-state index contributed by atoms with van der Waals surface area (Å²) in [6.45, 7) is 2.17. The van der Waals surface area contributed by atoms with E-state index in [-0.39, 0.29) is 23.9 Å². The summed E-state index contributed by atoms with van der Waals surface area (Å²) >= 11 is 0. The van der Waals surface area contributed by atoms with Crippen LogP contribution >= 0.6 is 0 Å². The van der Waals surface area contributed by atoms with Gasteiger partial charge in [0.2, 0.25) is 5.91 Å². The van der Waals surface area contributed by atoms with Crippen molar-refractivity contribution in [2.45, 2.75) is 44.0 Å². The van der Waals surface area contributed by atoms with Crippen LogP contribution in [0.15, 0.2) is 47.5 Å². The number of hydrogen-bond donors (Lipinski definition) is 2. The van der Waals surface area contributed by atoms with Gasteiger partial charge in [-0.25, -0.2) is 0 Å². The fourth-order valence-electron chi connectivity index (χ4n) is 4.28. The molecule has 4 heterocycles. The Bertz CT molecular complexity index is 818. The lowest BCUT2D eigenvalue weighted by molar-refractivity contribution is -0.126. The molecule has 2 aliphatic heterocycles. The number of nitrogens with zero attached hydrogens (tertiary/aromatic N) is 3. The number of carbonyl (C=O) groups excluding carboxylic acids is 2. The summed E-state index contributed by atoms with van der Waals surface area (Å²) in [6.07, 6.45) is 7.89. The van der Waals surface area contributed by atoms with Crippen molar-refractivity contribution >= 4 is 11.8 Å². The molecule has 154 valence electrons. The van der Waals surface area contributed by atoms with Crippen LogP contribution in [0.1, 0.15) is 35.2 Å². The van der Waals surface area contributed by atoms with Crippen LogP contribution in [0.4, 0.5) is 0 Å². The monoisotopic (exact) mass is 398 g/mol. The van der Waals surface area contributed by atoms with E-state index in [9.17, 15) is 14.7 Å². The molecule has 2 amide bonds. The molecule has 0 spiro atoms. The Morgan fingerprint density at radius 1 is 1.28 bits per heavy atom. The first-order valence-corrected chi connectivity index (χ1v) is 10.0. The summed E-state index contributed by atoms with van der Waals surface area (Å²) in [7, 11) is 0. The van der Waals surface area contributed by atoms with Crippen LogP contribution in [0.3, 0.4) is 0 Å². The average molecular weight is 398 g/mol. The second-order valence-corrected chi connectivity index (χ2v) is 7.72. The predicted octanol–water partition coefficient (Wildman–Crippen LogP) is 1.03. The summed E-state index contributed by atoms with van der Waals surface area (Å²) in [5.74, 6) is -0.0910. The van der Waals surface area contributed by atoms with Gasteiger partial charge in [0.25, 0.3) is 5.91 Å². The SMILES string of the molecule is O=C(NCc1cccnc1)[C@@H]1C[C@@H](O)CN1C1CCN(C(=O)c2ccoc2)CC1. The van der Waals surface area contributed by atoms with Gasteiger partial charge in [0.05, 0.1) is 24.0 Å². The van der Waals surface area contributed by atoms with Crippen molar-refractivity contribution in [2.24, 2.45) is 0 Å². The smallest absolute Gasteiger partial charge is 0.257 e. The first-order chi connectivity index (χ1) is 14.1. The Morgan fingerprint density at radius 3 is 2.79 bits per heavy atom. The first-order valence-electron chi connectivity index (χ1n) is 10.0. The molecule has 2 aliphatic rings. The second kappa shape index (κ2) is 8.75. The summed E-state index contributed by atoms with van der Waals surface area (Å²) in [5.41, 5.74) is 1.50. The van der Waals surface area contributed by atoms with Gasteiger partial charge in [-0.3, -0.25) is 19.5 Å². The topological polar surface area (TPSA) is 98.9 Å². The van der Waals surface area contributed by atoms with Gasteiger partial charge in [-0.05, 0) is 37.0 Å². The summed E-state index contributed by atoms with van der Waals surface area (Å²) in [5, 5.41) is 13.2. The zero-order valence-corrected chi connectivity index (χ0v) is 16.2. The lowest BCUT2D eigenvalue weighted by atomic mass is 10.0. The molecule has 2 aromatic heterocycles. The number of rotatable bonds is 5. The molecule has 0 unspecified atom stereocenters. The third kappa shape index (κ3) is 4.49. The number of aromatic nitrogens is 1. The van der Waals surface area contributed by atoms with Crippen LogP contribution in [0.25, 0.3) is 0 Å². The number of hydrogen-bond acceptors (Lipinski definition) is 6. The molecule has 0 saturated carbocycles. The van der Waals surface area contributed by atoms with Crippen molar-refractivity contribution < 1.29 is 19.1 Å². The van der Waals surface area contributed by atoms with Gasteiger partial charge in [0, 0.05) is 44.6 Å². The van der Waals surface area contributed by atoms with E-state index < -0.39 is 6.10 Å². The van der Waals surface area contributed by atoms with E-state index in [0.29, 0.717) is 38.2 Å². The van der Waals surface area contributed by atoms with Crippen LogP contribution in [0.5, 0.6) is 0 Å². The first kappa shape index (κ1) is 19.6. The highest BCUT2D eigenvalue weighted by molar-refractivity contribution is 5.93. The number of amides is 2. The predicted molar refractivity (Wildman–Crippen MR) is 105 cm³/mol. The maximum absolute atomic E-state index is 12.8. The molecule has 2 aromatic rings. The Labute approximate surface area is 169 Å². The van der Waals surface area contributed by atoms with E-state index in [4.69, 9.17) is 4.42 Å². The van der Waals surface area contributed by atoms with E-state index >= 15 is 0 Å². The number of aliphatic hydroxyl groups excluding tert-OH is 1. The maximum atomic E-state index is 12.8. The molecule has 0 radical (unpaired) electrons. The van der Waals surface area contributed by atoms with E-state index in [0.717, 1.165) is 18.4 Å². The molecule has 0 aliphatic carbocycles. The highest BCUT2D eigenvalue weighted by Crippen LogP contribution is 2.27. The number of aliphatic hydroxyl groups is 1. The third-order valence-corrected chi connectivity index (χ3v) is 5.80. The molecule has 8 heteroatoms. The molecule has 0 aromatic carbocycles. The minimum Gasteiger partial charge on any atom is -0.472 e. The summed E-state index contributed by atoms with van der Waals surface area (Å²) in [6, 6.07) is 5.26. The Balaban J connectivity index is 1.33. The van der Waals surface area contributed by atoms with Crippen molar-refractivity contribution in [3.05, 3.63) is 54.2 Å². The van der Waals surface area contributed by atoms with Gasteiger partial charge in [-0.1, -0.05) is 6.07 Å². The molecule has 2 N–H and O–H groups in total. The Hall–Kier alpha value is -2.71. The number of carbonyl (C=O) groups is 2. The zero-order valence-electron chi connectivity index (χ0n) is 16.2. The van der Waals surface area contributed by atoms with Crippen molar-refractivity contribution in [1.29, 1.82) is 0 Å². The van der Waals surface area contributed by atoms with Gasteiger partial charge in [-0.2, -0.15) is 0 Å². The normalized spacial score (nSPS) is 23.3. The molecule has 8 nitrogen and oxygen atoms in total. The third-order valence-electron chi connectivity index (χ3n) is 5.80. The van der Waals surface area contributed by atoms with Gasteiger partial charge >= 0.3 is 0 Å². The number of furan rings is 1. The van der Waals surface area contributed by atoms with Crippen molar-refractivity contribution in [2.75, 3.05) is 19.6 Å². The standard InChI is InChI=1S/C21H26N4O4/c26-18-10-19(20(27)23-12-15-2-1-6-22-11-15)25(13-18)17-3-7-24(8-4-17)21(28)16-5-9-29-14-16/h1-2,5-6,9,11,14,17-19,26H,3-4,7-8,10,12-13H2,(H,23,27)/t18-,19+/m1/s1. The van der Waals surface area contributed by atoms with E-state index in [2.05, 4.69) is 15.2 Å². The number of nitrogens with one attached hydrogen (secondary N) is 1. The Kier molecular flexibility index (Phi) is 5.92. The van der Waals surface area contributed by atoms with Crippen LogP contribution in [0.2, 0.25) is 0 Å². The van der Waals surface area contributed by atoms with E-state index in [1.807, 2.05) is 17.0 Å². The molecule has 2 atom stereocenters. The Morgan fingerprint density at radius 2 is 2.10 bits per heavy atom. The number of pyridine rings is 1. The van der Waals surface area contributed by atoms with E-state index in [1.165, 1.54) is 12.5 Å². The molecule has 29 heavy (non-hydrogen) atoms. The highest BCUT2D eigenvalue weighted by Gasteiger charge is 2.41. The zero-order chi connectivity index (χ0) is 20.2. The minimum atomic E-state index is -0.505. The second-order valence-electron chi connectivity index (χ2n) is 7.72. The molecule has 2 fully saturated rings. The van der Waals surface area contributed by atoms with Crippen molar-refractivity contribution in [3.63, 3.8) is 0 Å². The quantitative estimate of drug-likeness (QED) is 0.781. The number of likely N-dealkylation sites (tertiary alicyclic amines) is 2. The van der Waals surface area contributed by atoms with Crippen molar-refractivity contribution in [1.82, 2.24) is 20.1 Å². The largest absolute Gasteiger partial charge is 0.472 e. The molecular formula is C21H26N4O4. The molecule has 2 saturated heterocycles. The maximum Gasteiger partial charge on any atom is 0.257 e. The van der Waals surface area contributed by atoms with Gasteiger partial charge < -0.3 is 19.7 Å². The fourth-order valence-corrected chi connectivity index (χ4v) is 4.28. The highest BCUT2D eigenvalue weighted by atomic mass is 16.3. The lowest BCUT2D eigenvalue weighted by Gasteiger charge is -2.38. The van der Waals surface area contributed by atoms with Crippen molar-refractivity contribution in [3.8, 4) is 0 Å². The fraction of sp³-hybridized carbons (Fsp3) is 0.476. The van der Waals surface area contributed by atoms with E-state index in [1.54, 1.807) is 18.5 Å². The van der Waals surface area contributed by atoms with Gasteiger partial charge in [-0.15, -0.1) is 0 Å². The average Bonchev–Trinajstić information content (AvgIpc) is 3.42. The van der Waals surface area contributed by atoms with Crippen LogP contribution < -0.4 is 5.32 Å².